The molecule has 2 saturated carbocycles. The minimum Gasteiger partial charge on any atom is -0.426 e. The number of esters is 1. The van der Waals surface area contributed by atoms with Crippen LogP contribution in [0, 0.1) is 29.6 Å². The van der Waals surface area contributed by atoms with E-state index < -0.39 is 0 Å². The molecule has 2 atom stereocenters. The maximum absolute atomic E-state index is 12.7. The molecule has 2 nitrogen and oxygen atoms in total. The van der Waals surface area contributed by atoms with Gasteiger partial charge in [0, 0.05) is 0 Å². The van der Waals surface area contributed by atoms with Gasteiger partial charge in [-0.2, -0.15) is 0 Å². The van der Waals surface area contributed by atoms with E-state index in [0.717, 1.165) is 36.5 Å². The molecule has 0 radical (unpaired) electrons. The van der Waals surface area contributed by atoms with E-state index in [1.165, 1.54) is 69.8 Å². The summed E-state index contributed by atoms with van der Waals surface area (Å²) in [5.41, 5.74) is 1.35. The molecular weight excluding hydrogens is 380 g/mol. The van der Waals surface area contributed by atoms with E-state index in [0.29, 0.717) is 11.7 Å². The summed E-state index contributed by atoms with van der Waals surface area (Å²) in [6, 6.07) is 8.29. The predicted molar refractivity (Wildman–Crippen MR) is 130 cm³/mol. The fraction of sp³-hybridized carbons (Fsp3) is 0.759. The zero-order valence-electron chi connectivity index (χ0n) is 20.6. The van der Waals surface area contributed by atoms with Crippen LogP contribution >= 0.6 is 0 Å². The summed E-state index contributed by atoms with van der Waals surface area (Å²) in [5.74, 6) is 4.84. The Kier molecular flexibility index (Phi) is 9.48. The maximum Gasteiger partial charge on any atom is 0.314 e. The van der Waals surface area contributed by atoms with Crippen molar-refractivity contribution in [1.29, 1.82) is 0 Å². The summed E-state index contributed by atoms with van der Waals surface area (Å²) in [6.45, 7) is 9.33. The third kappa shape index (κ3) is 7.36. The molecule has 2 unspecified atom stereocenters. The van der Waals surface area contributed by atoms with Crippen LogP contribution in [0.1, 0.15) is 116 Å². The number of carbonyl (C=O) groups excluding carboxylic acids is 1. The summed E-state index contributed by atoms with van der Waals surface area (Å²) >= 11 is 0. The second-order valence-corrected chi connectivity index (χ2v) is 11.0. The van der Waals surface area contributed by atoms with Crippen molar-refractivity contribution in [2.24, 2.45) is 29.6 Å². The third-order valence-corrected chi connectivity index (χ3v) is 8.37. The lowest BCUT2D eigenvalue weighted by Gasteiger charge is -2.36. The Hall–Kier alpha value is -1.31. The summed E-state index contributed by atoms with van der Waals surface area (Å²) in [4.78, 5) is 12.7. The fourth-order valence-electron chi connectivity index (χ4n) is 5.99. The van der Waals surface area contributed by atoms with E-state index in [9.17, 15) is 4.79 Å². The van der Waals surface area contributed by atoms with Crippen molar-refractivity contribution < 1.29 is 9.53 Å². The van der Waals surface area contributed by atoms with Crippen molar-refractivity contribution >= 4 is 5.97 Å². The number of rotatable bonds is 9. The van der Waals surface area contributed by atoms with Gasteiger partial charge in [-0.1, -0.05) is 71.9 Å². The summed E-state index contributed by atoms with van der Waals surface area (Å²) < 4.78 is 5.77. The van der Waals surface area contributed by atoms with E-state index >= 15 is 0 Å². The van der Waals surface area contributed by atoms with Crippen LogP contribution in [-0.2, 0) is 4.79 Å². The second kappa shape index (κ2) is 12.1. The largest absolute Gasteiger partial charge is 0.426 e. The topological polar surface area (TPSA) is 26.3 Å². The molecule has 0 spiro atoms. The van der Waals surface area contributed by atoms with Gasteiger partial charge in [-0.3, -0.25) is 4.79 Å². The average molecular weight is 427 g/mol. The minimum atomic E-state index is -0.00935. The Balaban J connectivity index is 1.41. The normalized spacial score (nSPS) is 28.6. The van der Waals surface area contributed by atoms with Gasteiger partial charge in [0.2, 0.25) is 0 Å². The lowest BCUT2D eigenvalue weighted by molar-refractivity contribution is -0.140. The first kappa shape index (κ1) is 24.3. The molecule has 0 aromatic heterocycles. The van der Waals surface area contributed by atoms with Gasteiger partial charge in [-0.25, -0.2) is 0 Å². The highest BCUT2D eigenvalue weighted by atomic mass is 16.5. The molecule has 1 aromatic rings. The monoisotopic (exact) mass is 426 g/mol. The van der Waals surface area contributed by atoms with Gasteiger partial charge in [0.15, 0.2) is 0 Å². The SMILES string of the molecule is CCCC(C)CCC(C)c1ccc(OC(=O)C2CCC(C3CCC(C)CC3)CC2)cc1. The summed E-state index contributed by atoms with van der Waals surface area (Å²) in [7, 11) is 0. The van der Waals surface area contributed by atoms with E-state index in [1.54, 1.807) is 0 Å². The first-order chi connectivity index (χ1) is 15.0. The van der Waals surface area contributed by atoms with Gasteiger partial charge < -0.3 is 4.74 Å². The highest BCUT2D eigenvalue weighted by Gasteiger charge is 2.33. The van der Waals surface area contributed by atoms with Crippen LogP contribution in [0.25, 0.3) is 0 Å². The van der Waals surface area contributed by atoms with Crippen molar-refractivity contribution in [2.45, 2.75) is 111 Å². The molecule has 2 fully saturated rings. The quantitative estimate of drug-likeness (QED) is 0.292. The predicted octanol–water partition coefficient (Wildman–Crippen LogP) is 8.54. The Labute approximate surface area is 191 Å². The third-order valence-electron chi connectivity index (χ3n) is 8.37. The Morgan fingerprint density at radius 1 is 0.871 bits per heavy atom. The van der Waals surface area contributed by atoms with Crippen LogP contribution in [0.2, 0.25) is 0 Å². The molecule has 3 rings (SSSR count). The van der Waals surface area contributed by atoms with Crippen LogP contribution in [-0.4, -0.2) is 5.97 Å². The van der Waals surface area contributed by atoms with E-state index in [1.807, 2.05) is 12.1 Å². The van der Waals surface area contributed by atoms with Gasteiger partial charge in [-0.05, 0) is 92.2 Å². The molecule has 0 saturated heterocycles. The van der Waals surface area contributed by atoms with Crippen molar-refractivity contribution in [2.75, 3.05) is 0 Å². The highest BCUT2D eigenvalue weighted by Crippen LogP contribution is 2.41. The molecule has 0 bridgehead atoms. The molecule has 31 heavy (non-hydrogen) atoms. The van der Waals surface area contributed by atoms with E-state index in [4.69, 9.17) is 4.74 Å². The minimum absolute atomic E-state index is 0.00935. The molecule has 0 heterocycles. The van der Waals surface area contributed by atoms with Crippen LogP contribution in [0.15, 0.2) is 24.3 Å². The zero-order chi connectivity index (χ0) is 22.2. The maximum atomic E-state index is 12.7. The molecule has 0 N–H and O–H groups in total. The highest BCUT2D eigenvalue weighted by molar-refractivity contribution is 5.75. The number of ether oxygens (including phenoxy) is 1. The van der Waals surface area contributed by atoms with Gasteiger partial charge in [0.25, 0.3) is 0 Å². The lowest BCUT2D eigenvalue weighted by atomic mass is 9.69. The molecule has 1 aromatic carbocycles. The second-order valence-electron chi connectivity index (χ2n) is 11.0. The van der Waals surface area contributed by atoms with Gasteiger partial charge >= 0.3 is 5.97 Å². The Bertz CT molecular complexity index is 648. The first-order valence-corrected chi connectivity index (χ1v) is 13.3. The van der Waals surface area contributed by atoms with E-state index in [-0.39, 0.29) is 11.9 Å². The van der Waals surface area contributed by atoms with Crippen LogP contribution < -0.4 is 4.74 Å². The van der Waals surface area contributed by atoms with Gasteiger partial charge in [0.1, 0.15) is 5.75 Å². The molecule has 2 aliphatic carbocycles. The van der Waals surface area contributed by atoms with Crippen LogP contribution in [0.3, 0.4) is 0 Å². The number of hydrogen-bond acceptors (Lipinski definition) is 2. The van der Waals surface area contributed by atoms with Gasteiger partial charge in [-0.15, -0.1) is 0 Å². The molecular formula is C29H46O2. The molecule has 2 heteroatoms. The van der Waals surface area contributed by atoms with Crippen molar-refractivity contribution in [3.05, 3.63) is 29.8 Å². The first-order valence-electron chi connectivity index (χ1n) is 13.3. The van der Waals surface area contributed by atoms with Crippen LogP contribution in [0.5, 0.6) is 5.75 Å². The van der Waals surface area contributed by atoms with Crippen molar-refractivity contribution in [3.8, 4) is 5.75 Å². The lowest BCUT2D eigenvalue weighted by Crippen LogP contribution is -2.29. The fourth-order valence-corrected chi connectivity index (χ4v) is 5.99. The standard InChI is InChI=1S/C29H46O2/c1-5-6-21(2)7-10-23(4)24-17-19-28(20-18-24)31-29(30)27-15-13-26(14-16-27)25-11-8-22(3)9-12-25/h17-23,25-27H,5-16H2,1-4H3. The Morgan fingerprint density at radius 3 is 2.03 bits per heavy atom. The van der Waals surface area contributed by atoms with Crippen molar-refractivity contribution in [1.82, 2.24) is 0 Å². The van der Waals surface area contributed by atoms with Crippen molar-refractivity contribution in [3.63, 3.8) is 0 Å². The summed E-state index contributed by atoms with van der Waals surface area (Å²) in [5, 5.41) is 0. The molecule has 174 valence electrons. The number of carbonyl (C=O) groups is 1. The number of hydrogen-bond donors (Lipinski definition) is 0. The van der Waals surface area contributed by atoms with Gasteiger partial charge in [0.05, 0.1) is 5.92 Å². The molecule has 0 amide bonds. The Morgan fingerprint density at radius 2 is 1.45 bits per heavy atom. The molecule has 0 aliphatic heterocycles. The molecule has 2 aliphatic rings. The van der Waals surface area contributed by atoms with Crippen LogP contribution in [0.4, 0.5) is 0 Å². The van der Waals surface area contributed by atoms with E-state index in [2.05, 4.69) is 39.8 Å². The zero-order valence-corrected chi connectivity index (χ0v) is 20.6. The number of benzene rings is 1. The summed E-state index contributed by atoms with van der Waals surface area (Å²) in [6.07, 6.45) is 15.2. The smallest absolute Gasteiger partial charge is 0.314 e. The average Bonchev–Trinajstić information content (AvgIpc) is 2.79.